The lowest BCUT2D eigenvalue weighted by molar-refractivity contribution is 0.180. The molecular formula is C16H20N4OS2. The van der Waals surface area contributed by atoms with Gasteiger partial charge >= 0.3 is 6.03 Å². The fourth-order valence-electron chi connectivity index (χ4n) is 2.49. The normalized spacial score (nSPS) is 21.2. The quantitative estimate of drug-likeness (QED) is 0.925. The average molecular weight is 348 g/mol. The summed E-state index contributed by atoms with van der Waals surface area (Å²) in [5, 5.41) is 13.5. The lowest BCUT2D eigenvalue weighted by atomic mass is 10.2. The number of carbonyl (C=O) groups is 1. The van der Waals surface area contributed by atoms with Crippen LogP contribution < -0.4 is 5.32 Å². The van der Waals surface area contributed by atoms with Gasteiger partial charge in [0, 0.05) is 29.2 Å². The predicted molar refractivity (Wildman–Crippen MR) is 95.7 cm³/mol. The van der Waals surface area contributed by atoms with E-state index in [0.717, 1.165) is 27.9 Å². The zero-order valence-corrected chi connectivity index (χ0v) is 14.9. The van der Waals surface area contributed by atoms with Crippen LogP contribution in [0.4, 0.5) is 4.79 Å². The summed E-state index contributed by atoms with van der Waals surface area (Å²) in [5.41, 5.74) is 1.05. The van der Waals surface area contributed by atoms with Crippen LogP contribution >= 0.6 is 23.1 Å². The molecule has 3 rings (SSSR count). The van der Waals surface area contributed by atoms with E-state index in [0.29, 0.717) is 11.8 Å². The van der Waals surface area contributed by atoms with Gasteiger partial charge < -0.3 is 10.2 Å². The molecule has 0 bridgehead atoms. The summed E-state index contributed by atoms with van der Waals surface area (Å²) in [5.74, 6) is 0.996. The van der Waals surface area contributed by atoms with Crippen LogP contribution in [-0.2, 0) is 6.54 Å². The summed E-state index contributed by atoms with van der Waals surface area (Å²) in [6.07, 6.45) is 0. The number of nitrogens with zero attached hydrogens (tertiary/aromatic N) is 3. The fraction of sp³-hybridized carbons (Fsp3) is 0.438. The second-order valence-corrected chi connectivity index (χ2v) is 8.08. The molecule has 2 unspecified atom stereocenters. The first-order chi connectivity index (χ1) is 11.1. The van der Waals surface area contributed by atoms with Gasteiger partial charge in [-0.1, -0.05) is 48.6 Å². The van der Waals surface area contributed by atoms with Crippen molar-refractivity contribution in [1.82, 2.24) is 20.4 Å². The van der Waals surface area contributed by atoms with Crippen molar-refractivity contribution in [3.05, 3.63) is 35.3 Å². The Hall–Kier alpha value is -1.60. The summed E-state index contributed by atoms with van der Waals surface area (Å²) in [6, 6.07) is 10.2. The molecule has 7 heteroatoms. The van der Waals surface area contributed by atoms with E-state index >= 15 is 0 Å². The number of amides is 2. The van der Waals surface area contributed by atoms with Gasteiger partial charge in [-0.25, -0.2) is 4.79 Å². The van der Waals surface area contributed by atoms with E-state index in [-0.39, 0.29) is 12.1 Å². The van der Waals surface area contributed by atoms with E-state index in [1.807, 2.05) is 47.0 Å². The number of aromatic nitrogens is 2. The third-order valence-corrected chi connectivity index (χ3v) is 6.33. The second kappa shape index (κ2) is 7.31. The summed E-state index contributed by atoms with van der Waals surface area (Å²) in [6.45, 7) is 5.50. The Balaban J connectivity index is 1.58. The molecule has 2 amide bonds. The van der Waals surface area contributed by atoms with E-state index in [1.54, 1.807) is 0 Å². The maximum absolute atomic E-state index is 12.4. The highest BCUT2D eigenvalue weighted by Gasteiger charge is 2.28. The molecule has 2 atom stereocenters. The second-order valence-electron chi connectivity index (χ2n) is 5.54. The Bertz CT molecular complexity index is 661. The summed E-state index contributed by atoms with van der Waals surface area (Å²) in [7, 11) is 0. The standard InChI is InChI=1S/C16H20N4OS2/c1-11-12(2)22-9-8-20(11)16(21)17-10-14-18-19-15(23-14)13-6-4-3-5-7-13/h3-7,11-12H,8-10H2,1-2H3,(H,17,21). The van der Waals surface area contributed by atoms with Gasteiger partial charge in [0.15, 0.2) is 0 Å². The number of thioether (sulfide) groups is 1. The zero-order valence-electron chi connectivity index (χ0n) is 13.2. The Labute approximate surface area is 144 Å². The van der Waals surface area contributed by atoms with Crippen LogP contribution in [0, 0.1) is 0 Å². The summed E-state index contributed by atoms with van der Waals surface area (Å²) >= 11 is 3.44. The molecule has 1 aromatic carbocycles. The van der Waals surface area contributed by atoms with Gasteiger partial charge in [-0.15, -0.1) is 10.2 Å². The zero-order chi connectivity index (χ0) is 16.2. The van der Waals surface area contributed by atoms with Crippen molar-refractivity contribution in [2.75, 3.05) is 12.3 Å². The van der Waals surface area contributed by atoms with Crippen LogP contribution in [0.1, 0.15) is 18.9 Å². The van der Waals surface area contributed by atoms with E-state index in [1.165, 1.54) is 11.3 Å². The molecule has 1 aromatic heterocycles. The lowest BCUT2D eigenvalue weighted by Crippen LogP contribution is -2.51. The van der Waals surface area contributed by atoms with Crippen molar-refractivity contribution in [3.8, 4) is 10.6 Å². The highest BCUT2D eigenvalue weighted by atomic mass is 32.2. The van der Waals surface area contributed by atoms with Crippen molar-refractivity contribution < 1.29 is 4.79 Å². The number of hydrogen-bond donors (Lipinski definition) is 1. The van der Waals surface area contributed by atoms with Crippen molar-refractivity contribution in [1.29, 1.82) is 0 Å². The topological polar surface area (TPSA) is 58.1 Å². The molecule has 0 radical (unpaired) electrons. The molecule has 1 saturated heterocycles. The van der Waals surface area contributed by atoms with Gasteiger partial charge in [-0.3, -0.25) is 0 Å². The van der Waals surface area contributed by atoms with E-state index in [4.69, 9.17) is 0 Å². The molecule has 1 aliphatic rings. The van der Waals surface area contributed by atoms with Crippen LogP contribution in [0.25, 0.3) is 10.6 Å². The fourth-order valence-corrected chi connectivity index (χ4v) is 4.38. The van der Waals surface area contributed by atoms with Gasteiger partial charge in [-0.05, 0) is 6.92 Å². The number of hydrogen-bond acceptors (Lipinski definition) is 5. The molecule has 1 aliphatic heterocycles. The Kier molecular flexibility index (Phi) is 5.17. The molecule has 0 spiro atoms. The number of rotatable bonds is 3. The van der Waals surface area contributed by atoms with Crippen LogP contribution in [0.5, 0.6) is 0 Å². The van der Waals surface area contributed by atoms with Gasteiger partial charge in [0.05, 0.1) is 6.54 Å². The first-order valence-electron chi connectivity index (χ1n) is 7.69. The van der Waals surface area contributed by atoms with E-state index < -0.39 is 0 Å². The third-order valence-electron chi connectivity index (χ3n) is 4.02. The minimum atomic E-state index is -0.0129. The van der Waals surface area contributed by atoms with Crippen molar-refractivity contribution in [2.24, 2.45) is 0 Å². The molecule has 23 heavy (non-hydrogen) atoms. The number of urea groups is 1. The molecule has 5 nitrogen and oxygen atoms in total. The van der Waals surface area contributed by atoms with Crippen LogP contribution in [-0.4, -0.2) is 44.7 Å². The van der Waals surface area contributed by atoms with Crippen molar-refractivity contribution >= 4 is 29.1 Å². The third kappa shape index (κ3) is 3.84. The van der Waals surface area contributed by atoms with Gasteiger partial charge in [0.25, 0.3) is 0 Å². The summed E-state index contributed by atoms with van der Waals surface area (Å²) < 4.78 is 0. The Morgan fingerprint density at radius 2 is 2.09 bits per heavy atom. The van der Waals surface area contributed by atoms with Crippen LogP contribution in [0.3, 0.4) is 0 Å². The molecule has 2 heterocycles. The highest BCUT2D eigenvalue weighted by molar-refractivity contribution is 8.00. The van der Waals surface area contributed by atoms with E-state index in [9.17, 15) is 4.79 Å². The van der Waals surface area contributed by atoms with Gasteiger partial charge in [0.2, 0.25) is 0 Å². The van der Waals surface area contributed by atoms with Crippen molar-refractivity contribution in [2.45, 2.75) is 31.7 Å². The van der Waals surface area contributed by atoms with Gasteiger partial charge in [0.1, 0.15) is 10.0 Å². The lowest BCUT2D eigenvalue weighted by Gasteiger charge is -2.37. The van der Waals surface area contributed by atoms with Crippen molar-refractivity contribution in [3.63, 3.8) is 0 Å². The molecule has 2 aromatic rings. The number of carbonyl (C=O) groups excluding carboxylic acids is 1. The SMILES string of the molecule is CC1SCCN(C(=O)NCc2nnc(-c3ccccc3)s2)C1C. The number of nitrogens with one attached hydrogen (secondary N) is 1. The number of benzene rings is 1. The predicted octanol–water partition coefficient (Wildman–Crippen LogP) is 3.24. The van der Waals surface area contributed by atoms with E-state index in [2.05, 4.69) is 29.4 Å². The molecule has 1 fully saturated rings. The maximum Gasteiger partial charge on any atom is 0.318 e. The smallest absolute Gasteiger partial charge is 0.318 e. The largest absolute Gasteiger partial charge is 0.331 e. The van der Waals surface area contributed by atoms with Crippen LogP contribution in [0.2, 0.25) is 0 Å². The summed E-state index contributed by atoms with van der Waals surface area (Å²) in [4.78, 5) is 14.3. The Morgan fingerprint density at radius 1 is 1.30 bits per heavy atom. The first kappa shape index (κ1) is 16.3. The molecule has 1 N–H and O–H groups in total. The first-order valence-corrected chi connectivity index (χ1v) is 9.55. The molecule has 0 aliphatic carbocycles. The Morgan fingerprint density at radius 3 is 2.87 bits per heavy atom. The van der Waals surface area contributed by atoms with Gasteiger partial charge in [-0.2, -0.15) is 11.8 Å². The minimum Gasteiger partial charge on any atom is -0.331 e. The monoisotopic (exact) mass is 348 g/mol. The van der Waals surface area contributed by atoms with Crippen LogP contribution in [0.15, 0.2) is 30.3 Å². The molecule has 0 saturated carbocycles. The highest BCUT2D eigenvalue weighted by Crippen LogP contribution is 2.25. The molecular weight excluding hydrogens is 328 g/mol. The maximum atomic E-state index is 12.4. The minimum absolute atomic E-state index is 0.0129. The average Bonchev–Trinajstić information content (AvgIpc) is 3.05. The molecule has 122 valence electrons.